The number of para-hydroxylation sites is 1. The zero-order chi connectivity index (χ0) is 20.3. The van der Waals surface area contributed by atoms with E-state index in [2.05, 4.69) is 21.2 Å². The SMILES string of the molecule is COc1cccc2cc(C(C)NC(=O)CS(=O)(=O)Cc3cccc(Br)c3)oc12. The number of sulfone groups is 1. The van der Waals surface area contributed by atoms with E-state index in [9.17, 15) is 13.2 Å². The number of fused-ring (bicyclic) bond motifs is 1. The Morgan fingerprint density at radius 1 is 1.21 bits per heavy atom. The van der Waals surface area contributed by atoms with Crippen LogP contribution >= 0.6 is 15.9 Å². The third kappa shape index (κ3) is 4.94. The topological polar surface area (TPSA) is 85.6 Å². The molecule has 0 saturated carbocycles. The number of carbonyl (C=O) groups excluding carboxylic acids is 1. The van der Waals surface area contributed by atoms with Crippen LogP contribution in [0.2, 0.25) is 0 Å². The zero-order valence-corrected chi connectivity index (χ0v) is 17.8. The second kappa shape index (κ2) is 8.36. The number of nitrogens with one attached hydrogen (secondary N) is 1. The molecule has 1 unspecified atom stereocenters. The molecule has 0 fully saturated rings. The van der Waals surface area contributed by atoms with Gasteiger partial charge in [-0.25, -0.2) is 8.42 Å². The van der Waals surface area contributed by atoms with Gasteiger partial charge in [0.1, 0.15) is 11.5 Å². The molecule has 1 amide bonds. The number of methoxy groups -OCH3 is 1. The molecule has 1 heterocycles. The van der Waals surface area contributed by atoms with Crippen LogP contribution in [-0.2, 0) is 20.4 Å². The molecule has 3 rings (SSSR count). The van der Waals surface area contributed by atoms with E-state index in [1.54, 1.807) is 44.4 Å². The van der Waals surface area contributed by atoms with Crippen molar-refractivity contribution in [2.75, 3.05) is 12.9 Å². The average Bonchev–Trinajstić information content (AvgIpc) is 3.05. The molecule has 8 heteroatoms. The number of carbonyl (C=O) groups is 1. The first-order chi connectivity index (χ1) is 13.3. The van der Waals surface area contributed by atoms with Crippen LogP contribution in [0.5, 0.6) is 5.75 Å². The summed E-state index contributed by atoms with van der Waals surface area (Å²) in [4.78, 5) is 12.3. The Kier molecular flexibility index (Phi) is 6.10. The summed E-state index contributed by atoms with van der Waals surface area (Å²) in [6.07, 6.45) is 0. The molecule has 0 aliphatic carbocycles. The van der Waals surface area contributed by atoms with Crippen molar-refractivity contribution in [3.05, 3.63) is 64.3 Å². The normalized spacial score (nSPS) is 12.7. The van der Waals surface area contributed by atoms with Crippen LogP contribution in [0, 0.1) is 0 Å². The second-order valence-electron chi connectivity index (χ2n) is 6.48. The van der Waals surface area contributed by atoms with Crippen molar-refractivity contribution in [1.29, 1.82) is 0 Å². The van der Waals surface area contributed by atoms with Crippen molar-refractivity contribution in [3.63, 3.8) is 0 Å². The minimum absolute atomic E-state index is 0.198. The quantitative estimate of drug-likeness (QED) is 0.569. The largest absolute Gasteiger partial charge is 0.493 e. The number of benzene rings is 2. The highest BCUT2D eigenvalue weighted by Gasteiger charge is 2.21. The summed E-state index contributed by atoms with van der Waals surface area (Å²) in [5.41, 5.74) is 1.21. The zero-order valence-electron chi connectivity index (χ0n) is 15.4. The molecule has 3 aromatic rings. The van der Waals surface area contributed by atoms with Gasteiger partial charge in [0.05, 0.1) is 18.9 Å². The van der Waals surface area contributed by atoms with Gasteiger partial charge in [0.2, 0.25) is 5.91 Å². The van der Waals surface area contributed by atoms with Gasteiger partial charge < -0.3 is 14.5 Å². The van der Waals surface area contributed by atoms with Gasteiger partial charge in [0.25, 0.3) is 0 Å². The lowest BCUT2D eigenvalue weighted by Crippen LogP contribution is -2.32. The van der Waals surface area contributed by atoms with E-state index in [1.807, 2.05) is 18.2 Å². The fourth-order valence-electron chi connectivity index (χ4n) is 2.92. The van der Waals surface area contributed by atoms with Crippen LogP contribution in [0.25, 0.3) is 11.0 Å². The molecule has 6 nitrogen and oxygen atoms in total. The molecule has 1 aromatic heterocycles. The van der Waals surface area contributed by atoms with Crippen LogP contribution in [0.1, 0.15) is 24.3 Å². The van der Waals surface area contributed by atoms with Gasteiger partial charge in [-0.3, -0.25) is 4.79 Å². The molecular formula is C20H20BrNO5S. The van der Waals surface area contributed by atoms with Gasteiger partial charge in [0.15, 0.2) is 21.2 Å². The number of amides is 1. The first-order valence-electron chi connectivity index (χ1n) is 8.58. The van der Waals surface area contributed by atoms with Crippen molar-refractivity contribution in [1.82, 2.24) is 5.32 Å². The van der Waals surface area contributed by atoms with E-state index in [0.717, 1.165) is 9.86 Å². The third-order valence-corrected chi connectivity index (χ3v) is 6.15. The molecule has 2 aromatic carbocycles. The highest BCUT2D eigenvalue weighted by atomic mass is 79.9. The van der Waals surface area contributed by atoms with Gasteiger partial charge in [-0.2, -0.15) is 0 Å². The molecule has 148 valence electrons. The average molecular weight is 466 g/mol. The van der Waals surface area contributed by atoms with E-state index < -0.39 is 27.5 Å². The maximum absolute atomic E-state index is 12.3. The van der Waals surface area contributed by atoms with Gasteiger partial charge in [-0.15, -0.1) is 0 Å². The second-order valence-corrected chi connectivity index (χ2v) is 9.46. The van der Waals surface area contributed by atoms with Gasteiger partial charge in [0, 0.05) is 9.86 Å². The Balaban J connectivity index is 1.67. The summed E-state index contributed by atoms with van der Waals surface area (Å²) in [6, 6.07) is 13.8. The molecule has 1 atom stereocenters. The lowest BCUT2D eigenvalue weighted by molar-refractivity contribution is -0.119. The molecular weight excluding hydrogens is 446 g/mol. The summed E-state index contributed by atoms with van der Waals surface area (Å²) in [5, 5.41) is 3.53. The van der Waals surface area contributed by atoms with Crippen LogP contribution in [0.3, 0.4) is 0 Å². The Morgan fingerprint density at radius 2 is 1.96 bits per heavy atom. The number of hydrogen-bond donors (Lipinski definition) is 1. The third-order valence-electron chi connectivity index (χ3n) is 4.18. The number of furan rings is 1. The first-order valence-corrected chi connectivity index (χ1v) is 11.2. The molecule has 28 heavy (non-hydrogen) atoms. The highest BCUT2D eigenvalue weighted by Crippen LogP contribution is 2.30. The maximum Gasteiger partial charge on any atom is 0.235 e. The van der Waals surface area contributed by atoms with Gasteiger partial charge in [-0.1, -0.05) is 40.2 Å². The summed E-state index contributed by atoms with van der Waals surface area (Å²) >= 11 is 3.31. The first kappa shape index (κ1) is 20.4. The lowest BCUT2D eigenvalue weighted by Gasteiger charge is -2.12. The van der Waals surface area contributed by atoms with Crippen LogP contribution < -0.4 is 10.1 Å². The van der Waals surface area contributed by atoms with E-state index >= 15 is 0 Å². The number of halogens is 1. The molecule has 0 aliphatic heterocycles. The van der Waals surface area contributed by atoms with Crippen molar-refractivity contribution < 1.29 is 22.4 Å². The van der Waals surface area contributed by atoms with E-state index in [0.29, 0.717) is 22.7 Å². The summed E-state index contributed by atoms with van der Waals surface area (Å²) in [7, 11) is -2.04. The van der Waals surface area contributed by atoms with Crippen LogP contribution in [0.15, 0.2) is 57.4 Å². The lowest BCUT2D eigenvalue weighted by atomic mass is 10.2. The molecule has 0 aliphatic rings. The number of rotatable bonds is 7. The van der Waals surface area contributed by atoms with Gasteiger partial charge >= 0.3 is 0 Å². The van der Waals surface area contributed by atoms with Crippen LogP contribution in [-0.4, -0.2) is 27.2 Å². The van der Waals surface area contributed by atoms with Crippen molar-refractivity contribution >= 4 is 42.6 Å². The summed E-state index contributed by atoms with van der Waals surface area (Å²) in [5.74, 6) is -0.241. The Labute approximate surface area is 171 Å². The molecule has 0 saturated heterocycles. The smallest absolute Gasteiger partial charge is 0.235 e. The Morgan fingerprint density at radius 3 is 2.68 bits per heavy atom. The van der Waals surface area contributed by atoms with E-state index in [1.165, 1.54) is 0 Å². The number of ether oxygens (including phenoxy) is 1. The Hall–Kier alpha value is -2.32. The molecule has 0 radical (unpaired) electrons. The summed E-state index contributed by atoms with van der Waals surface area (Å²) < 4.78 is 36.6. The predicted octanol–water partition coefficient (Wildman–Crippen LogP) is 4.00. The van der Waals surface area contributed by atoms with Crippen molar-refractivity contribution in [3.8, 4) is 5.75 Å². The number of hydrogen-bond acceptors (Lipinski definition) is 5. The molecule has 1 N–H and O–H groups in total. The van der Waals surface area contributed by atoms with Crippen molar-refractivity contribution in [2.24, 2.45) is 0 Å². The maximum atomic E-state index is 12.3. The monoisotopic (exact) mass is 465 g/mol. The fraction of sp³-hybridized carbons (Fsp3) is 0.250. The molecule has 0 bridgehead atoms. The van der Waals surface area contributed by atoms with E-state index in [4.69, 9.17) is 9.15 Å². The van der Waals surface area contributed by atoms with Crippen molar-refractivity contribution in [2.45, 2.75) is 18.7 Å². The van der Waals surface area contributed by atoms with Gasteiger partial charge in [-0.05, 0) is 36.8 Å². The standard InChI is InChI=1S/C20H20BrNO5S/c1-13(18-10-15-6-4-8-17(26-2)20(15)27-18)22-19(23)12-28(24,25)11-14-5-3-7-16(21)9-14/h3-10,13H,11-12H2,1-2H3,(H,22,23). The predicted molar refractivity (Wildman–Crippen MR) is 111 cm³/mol. The van der Waals surface area contributed by atoms with Crippen LogP contribution in [0.4, 0.5) is 0 Å². The molecule has 0 spiro atoms. The fourth-order valence-corrected chi connectivity index (χ4v) is 4.64. The minimum atomic E-state index is -3.60. The highest BCUT2D eigenvalue weighted by molar-refractivity contribution is 9.10. The summed E-state index contributed by atoms with van der Waals surface area (Å²) in [6.45, 7) is 1.74. The minimum Gasteiger partial charge on any atom is -0.493 e. The Bertz CT molecular complexity index is 1110. The van der Waals surface area contributed by atoms with E-state index in [-0.39, 0.29) is 5.75 Å².